The number of rotatable bonds is 5. The van der Waals surface area contributed by atoms with Gasteiger partial charge in [-0.25, -0.2) is 0 Å². The van der Waals surface area contributed by atoms with Gasteiger partial charge in [-0.05, 0) is 54.9 Å². The summed E-state index contributed by atoms with van der Waals surface area (Å²) in [5, 5.41) is 3.46. The van der Waals surface area contributed by atoms with Crippen LogP contribution in [0.15, 0.2) is 24.3 Å². The highest BCUT2D eigenvalue weighted by atomic mass is 15.1. The van der Waals surface area contributed by atoms with E-state index < -0.39 is 0 Å². The molecule has 1 aromatic carbocycles. The van der Waals surface area contributed by atoms with Gasteiger partial charge in [-0.1, -0.05) is 52.0 Å². The highest BCUT2D eigenvalue weighted by Crippen LogP contribution is 2.23. The molecule has 1 heterocycles. The smallest absolute Gasteiger partial charge is 0.0233 e. The Morgan fingerprint density at radius 2 is 1.71 bits per heavy atom. The van der Waals surface area contributed by atoms with Gasteiger partial charge in [0.25, 0.3) is 0 Å². The Hall–Kier alpha value is -0.860. The number of hydrogen-bond acceptors (Lipinski definition) is 2. The third-order valence-electron chi connectivity index (χ3n) is 4.65. The van der Waals surface area contributed by atoms with Gasteiger partial charge in [0.05, 0.1) is 0 Å². The molecule has 2 nitrogen and oxygen atoms in total. The van der Waals surface area contributed by atoms with Gasteiger partial charge in [-0.15, -0.1) is 0 Å². The van der Waals surface area contributed by atoms with E-state index in [1.54, 1.807) is 0 Å². The van der Waals surface area contributed by atoms with E-state index in [1.165, 1.54) is 43.6 Å². The third-order valence-corrected chi connectivity index (χ3v) is 4.65. The first-order valence-corrected chi connectivity index (χ1v) is 8.51. The Labute approximate surface area is 130 Å². The average molecular weight is 288 g/mol. The first-order valence-electron chi connectivity index (χ1n) is 8.51. The highest BCUT2D eigenvalue weighted by Gasteiger charge is 2.17. The van der Waals surface area contributed by atoms with Crippen LogP contribution < -0.4 is 5.32 Å². The maximum atomic E-state index is 3.46. The van der Waals surface area contributed by atoms with Crippen molar-refractivity contribution in [2.75, 3.05) is 26.2 Å². The van der Waals surface area contributed by atoms with Crippen molar-refractivity contribution in [2.45, 2.75) is 52.5 Å². The van der Waals surface area contributed by atoms with Crippen molar-refractivity contribution in [3.8, 4) is 0 Å². The second kappa shape index (κ2) is 7.42. The van der Waals surface area contributed by atoms with Gasteiger partial charge < -0.3 is 5.32 Å². The standard InChI is InChI=1S/C19H32N2/c1-5-21(15-17-10-12-20-13-11-17)14-16-6-8-18(9-7-16)19(2,3)4/h6-9,17,20H,5,10-15H2,1-4H3. The van der Waals surface area contributed by atoms with Crippen LogP contribution in [-0.2, 0) is 12.0 Å². The van der Waals surface area contributed by atoms with E-state index in [0.29, 0.717) is 0 Å². The van der Waals surface area contributed by atoms with Crippen LogP contribution in [0.3, 0.4) is 0 Å². The van der Waals surface area contributed by atoms with Crippen LogP contribution in [0.2, 0.25) is 0 Å². The molecule has 1 N–H and O–H groups in total. The number of benzene rings is 1. The van der Waals surface area contributed by atoms with Crippen LogP contribution in [0.25, 0.3) is 0 Å². The maximum absolute atomic E-state index is 3.46. The summed E-state index contributed by atoms with van der Waals surface area (Å²) in [6.45, 7) is 15.0. The first-order chi connectivity index (χ1) is 9.99. The zero-order valence-electron chi connectivity index (χ0n) is 14.3. The van der Waals surface area contributed by atoms with E-state index in [1.807, 2.05) is 0 Å². The molecule has 1 aliphatic heterocycles. The number of nitrogens with zero attached hydrogens (tertiary/aromatic N) is 1. The Morgan fingerprint density at radius 1 is 1.10 bits per heavy atom. The Balaban J connectivity index is 1.91. The maximum Gasteiger partial charge on any atom is 0.0233 e. The molecule has 2 heteroatoms. The molecule has 1 aromatic rings. The van der Waals surface area contributed by atoms with E-state index in [-0.39, 0.29) is 5.41 Å². The summed E-state index contributed by atoms with van der Waals surface area (Å²) < 4.78 is 0. The largest absolute Gasteiger partial charge is 0.317 e. The third kappa shape index (κ3) is 5.12. The molecule has 0 radical (unpaired) electrons. The second-order valence-corrected chi connectivity index (χ2v) is 7.47. The van der Waals surface area contributed by atoms with Crippen molar-refractivity contribution in [3.63, 3.8) is 0 Å². The van der Waals surface area contributed by atoms with Crippen LogP contribution in [-0.4, -0.2) is 31.1 Å². The molecule has 0 bridgehead atoms. The van der Waals surface area contributed by atoms with Crippen LogP contribution >= 0.6 is 0 Å². The summed E-state index contributed by atoms with van der Waals surface area (Å²) in [7, 11) is 0. The Morgan fingerprint density at radius 3 is 2.24 bits per heavy atom. The van der Waals surface area contributed by atoms with E-state index in [2.05, 4.69) is 62.2 Å². The van der Waals surface area contributed by atoms with E-state index in [0.717, 1.165) is 19.0 Å². The number of piperidine rings is 1. The summed E-state index contributed by atoms with van der Waals surface area (Å²) in [6, 6.07) is 9.22. The zero-order chi connectivity index (χ0) is 15.3. The second-order valence-electron chi connectivity index (χ2n) is 7.47. The molecule has 0 amide bonds. The fourth-order valence-electron chi connectivity index (χ4n) is 3.10. The summed E-state index contributed by atoms with van der Waals surface area (Å²) in [5.41, 5.74) is 3.12. The van der Waals surface area contributed by atoms with Crippen molar-refractivity contribution in [1.29, 1.82) is 0 Å². The Kier molecular flexibility index (Phi) is 5.83. The van der Waals surface area contributed by atoms with Gasteiger partial charge >= 0.3 is 0 Å². The van der Waals surface area contributed by atoms with Crippen LogP contribution in [0.5, 0.6) is 0 Å². The summed E-state index contributed by atoms with van der Waals surface area (Å²) in [6.07, 6.45) is 2.67. The molecule has 0 aliphatic carbocycles. The molecule has 0 aromatic heterocycles. The number of nitrogens with one attached hydrogen (secondary N) is 1. The quantitative estimate of drug-likeness (QED) is 0.886. The molecule has 118 valence electrons. The zero-order valence-corrected chi connectivity index (χ0v) is 14.3. The highest BCUT2D eigenvalue weighted by molar-refractivity contribution is 5.27. The van der Waals surface area contributed by atoms with Gasteiger partial charge in [0.1, 0.15) is 0 Å². The summed E-state index contributed by atoms with van der Waals surface area (Å²) in [4.78, 5) is 2.60. The molecule has 1 aliphatic rings. The molecule has 0 saturated carbocycles. The van der Waals surface area contributed by atoms with Crippen molar-refractivity contribution < 1.29 is 0 Å². The summed E-state index contributed by atoms with van der Waals surface area (Å²) in [5.74, 6) is 0.875. The van der Waals surface area contributed by atoms with Crippen LogP contribution in [0, 0.1) is 5.92 Å². The van der Waals surface area contributed by atoms with E-state index >= 15 is 0 Å². The predicted octanol–water partition coefficient (Wildman–Crippen LogP) is 3.81. The molecule has 0 unspecified atom stereocenters. The predicted molar refractivity (Wildman–Crippen MR) is 91.7 cm³/mol. The van der Waals surface area contributed by atoms with Crippen molar-refractivity contribution in [1.82, 2.24) is 10.2 Å². The van der Waals surface area contributed by atoms with Gasteiger partial charge in [-0.3, -0.25) is 4.90 Å². The lowest BCUT2D eigenvalue weighted by Crippen LogP contribution is -2.35. The monoisotopic (exact) mass is 288 g/mol. The van der Waals surface area contributed by atoms with Crippen molar-refractivity contribution in [2.24, 2.45) is 5.92 Å². The minimum Gasteiger partial charge on any atom is -0.317 e. The molecular weight excluding hydrogens is 256 g/mol. The normalized spacial score (nSPS) is 17.4. The lowest BCUT2D eigenvalue weighted by molar-refractivity contribution is 0.207. The van der Waals surface area contributed by atoms with Gasteiger partial charge in [0.2, 0.25) is 0 Å². The molecular formula is C19H32N2. The minimum atomic E-state index is 0.248. The van der Waals surface area contributed by atoms with Crippen LogP contribution in [0.4, 0.5) is 0 Å². The Bertz CT molecular complexity index is 410. The fraction of sp³-hybridized carbons (Fsp3) is 0.684. The topological polar surface area (TPSA) is 15.3 Å². The van der Waals surface area contributed by atoms with E-state index in [4.69, 9.17) is 0 Å². The van der Waals surface area contributed by atoms with Gasteiger partial charge in [0, 0.05) is 13.1 Å². The van der Waals surface area contributed by atoms with Crippen molar-refractivity contribution in [3.05, 3.63) is 35.4 Å². The average Bonchev–Trinajstić information content (AvgIpc) is 2.47. The van der Waals surface area contributed by atoms with Crippen molar-refractivity contribution >= 4 is 0 Å². The molecule has 1 saturated heterocycles. The molecule has 2 rings (SSSR count). The lowest BCUT2D eigenvalue weighted by Gasteiger charge is -2.29. The van der Waals surface area contributed by atoms with E-state index in [9.17, 15) is 0 Å². The summed E-state index contributed by atoms with van der Waals surface area (Å²) >= 11 is 0. The molecule has 0 spiro atoms. The van der Waals surface area contributed by atoms with Gasteiger partial charge in [0.15, 0.2) is 0 Å². The molecule has 0 atom stereocenters. The fourth-order valence-corrected chi connectivity index (χ4v) is 3.10. The lowest BCUT2D eigenvalue weighted by atomic mass is 9.86. The van der Waals surface area contributed by atoms with Gasteiger partial charge in [-0.2, -0.15) is 0 Å². The molecule has 21 heavy (non-hydrogen) atoms. The minimum absolute atomic E-state index is 0.248. The first kappa shape index (κ1) is 16.5. The molecule has 1 fully saturated rings. The number of hydrogen-bond donors (Lipinski definition) is 1. The van der Waals surface area contributed by atoms with Crippen LogP contribution in [0.1, 0.15) is 51.7 Å². The SMILES string of the molecule is CCN(Cc1ccc(C(C)(C)C)cc1)CC1CCNCC1.